The maximum Gasteiger partial charge on any atom is 0.267 e. The summed E-state index contributed by atoms with van der Waals surface area (Å²) in [5.41, 5.74) is 0. The molecule has 314 valence electrons. The van der Waals surface area contributed by atoms with Gasteiger partial charge in [-0.05, 0) is 39.5 Å². The maximum atomic E-state index is 11.7. The highest BCUT2D eigenvalue weighted by molar-refractivity contribution is 7.86. The van der Waals surface area contributed by atoms with E-state index in [-0.39, 0.29) is 13.1 Å². The lowest BCUT2D eigenvalue weighted by Gasteiger charge is -2.45. The van der Waals surface area contributed by atoms with Crippen LogP contribution in [0.1, 0.15) is 182 Å². The summed E-state index contributed by atoms with van der Waals surface area (Å²) in [6.45, 7) is 13.1. The molecule has 52 heavy (non-hydrogen) atoms. The Morgan fingerprint density at radius 2 is 0.615 bits per heavy atom. The molecule has 0 aliphatic rings. The Bertz CT molecular complexity index is 964. The van der Waals surface area contributed by atoms with Gasteiger partial charge < -0.3 is 19.2 Å². The van der Waals surface area contributed by atoms with E-state index >= 15 is 0 Å². The van der Waals surface area contributed by atoms with Crippen molar-refractivity contribution < 1.29 is 45.1 Å². The molecule has 0 rings (SSSR count). The predicted octanol–water partition coefficient (Wildman–Crippen LogP) is 8.56. The van der Waals surface area contributed by atoms with E-state index in [2.05, 4.69) is 27.7 Å². The van der Waals surface area contributed by atoms with E-state index in [4.69, 9.17) is 0 Å². The van der Waals surface area contributed by atoms with Crippen LogP contribution in [0.15, 0.2) is 0 Å². The van der Waals surface area contributed by atoms with Crippen molar-refractivity contribution in [3.05, 3.63) is 0 Å². The third kappa shape index (κ3) is 29.9. The van der Waals surface area contributed by atoms with E-state index < -0.39 is 43.9 Å². The van der Waals surface area contributed by atoms with Gasteiger partial charge >= 0.3 is 0 Å². The molecule has 0 amide bonds. The maximum absolute atomic E-state index is 11.7. The number of aliphatic hydroxyl groups is 2. The molecule has 0 bridgehead atoms. The van der Waals surface area contributed by atoms with Crippen LogP contribution in [0.3, 0.4) is 0 Å². The molecule has 0 aromatic carbocycles. The largest absolute Gasteiger partial charge is 0.386 e. The van der Waals surface area contributed by atoms with Crippen molar-refractivity contribution in [2.24, 2.45) is 0 Å². The average molecular weight is 787 g/mol. The van der Waals surface area contributed by atoms with Gasteiger partial charge in [0.15, 0.2) is 0 Å². The number of hydrogen-bond donors (Lipinski definition) is 4. The highest BCUT2D eigenvalue weighted by Crippen LogP contribution is 2.21. The highest BCUT2D eigenvalue weighted by Gasteiger charge is 2.37. The topological polar surface area (TPSA) is 149 Å². The van der Waals surface area contributed by atoms with Gasteiger partial charge in [0.25, 0.3) is 20.2 Å². The smallest absolute Gasteiger partial charge is 0.267 e. The Balaban J connectivity index is 5.41. The van der Waals surface area contributed by atoms with Crippen LogP contribution in [-0.2, 0) is 20.2 Å². The van der Waals surface area contributed by atoms with Crippen LogP contribution >= 0.6 is 0 Å². The Hall–Kier alpha value is -0.340. The molecule has 4 N–H and O–H groups in total. The molecule has 12 heteroatoms. The SMILES string of the molecule is CCCCCCCCCCCCCC[N+](CC)(CC[N+](CC)(CCCCCCCCCCCCCC)CC(O)CS(=O)(=O)O)CC(O)CS(=O)(=O)O. The molecule has 0 radical (unpaired) electrons. The minimum Gasteiger partial charge on any atom is -0.386 e. The second kappa shape index (κ2) is 30.8. The average Bonchev–Trinajstić information content (AvgIpc) is 3.06. The number of nitrogens with zero attached hydrogens (tertiary/aromatic N) is 2. The van der Waals surface area contributed by atoms with Crippen molar-refractivity contribution in [3.63, 3.8) is 0 Å². The molecule has 0 spiro atoms. The van der Waals surface area contributed by atoms with Crippen molar-refractivity contribution in [1.29, 1.82) is 0 Å². The van der Waals surface area contributed by atoms with E-state index in [1.54, 1.807) is 0 Å². The summed E-state index contributed by atoms with van der Waals surface area (Å²) in [5.74, 6) is -1.41. The second-order valence-corrected chi connectivity index (χ2v) is 19.2. The van der Waals surface area contributed by atoms with Crippen LogP contribution < -0.4 is 0 Å². The first-order valence-corrected chi connectivity index (χ1v) is 24.8. The second-order valence-electron chi connectivity index (χ2n) is 16.2. The molecule has 4 unspecified atom stereocenters. The molecule has 0 fully saturated rings. The summed E-state index contributed by atoms with van der Waals surface area (Å²) in [4.78, 5) is 0. The van der Waals surface area contributed by atoms with E-state index in [1.807, 2.05) is 0 Å². The number of hydrogen-bond acceptors (Lipinski definition) is 6. The van der Waals surface area contributed by atoms with Gasteiger partial charge in [-0.15, -0.1) is 0 Å². The summed E-state index contributed by atoms with van der Waals surface area (Å²) in [5, 5.41) is 21.7. The van der Waals surface area contributed by atoms with Crippen LogP contribution in [0.4, 0.5) is 0 Å². The van der Waals surface area contributed by atoms with Gasteiger partial charge in [0.1, 0.15) is 49.9 Å². The van der Waals surface area contributed by atoms with Crippen molar-refractivity contribution >= 4 is 20.2 Å². The minimum atomic E-state index is -4.34. The Kier molecular flexibility index (Phi) is 30.6. The molecule has 0 aliphatic carbocycles. The third-order valence-electron chi connectivity index (χ3n) is 11.4. The molecule has 0 aromatic heterocycles. The van der Waals surface area contributed by atoms with Gasteiger partial charge in [0.2, 0.25) is 0 Å². The van der Waals surface area contributed by atoms with Crippen molar-refractivity contribution in [3.8, 4) is 0 Å². The highest BCUT2D eigenvalue weighted by atomic mass is 32.2. The molecule has 0 saturated carbocycles. The van der Waals surface area contributed by atoms with E-state index in [9.17, 15) is 36.2 Å². The lowest BCUT2D eigenvalue weighted by atomic mass is 10.0. The number of quaternary nitrogens is 2. The number of aliphatic hydroxyl groups excluding tert-OH is 2. The molecule has 0 heterocycles. The molecule has 4 atom stereocenters. The lowest BCUT2D eigenvalue weighted by molar-refractivity contribution is -0.982. The van der Waals surface area contributed by atoms with Crippen LogP contribution in [0.25, 0.3) is 0 Å². The zero-order valence-electron chi connectivity index (χ0n) is 34.3. The molecule has 0 saturated heterocycles. The van der Waals surface area contributed by atoms with Crippen LogP contribution in [-0.4, -0.2) is 121 Å². The number of unbranched alkanes of at least 4 members (excludes halogenated alkanes) is 22. The van der Waals surface area contributed by atoms with Gasteiger partial charge in [-0.3, -0.25) is 9.11 Å². The fourth-order valence-electron chi connectivity index (χ4n) is 7.97. The summed E-state index contributed by atoms with van der Waals surface area (Å²) in [6, 6.07) is 0. The van der Waals surface area contributed by atoms with Crippen molar-refractivity contribution in [1.82, 2.24) is 0 Å². The van der Waals surface area contributed by atoms with Crippen molar-refractivity contribution in [2.75, 3.05) is 63.9 Å². The standard InChI is InChI=1S/C40H84N2O8S2/c1-5-9-11-13-15-17-19-21-23-25-27-29-31-41(7-3,35-39(43)37-51(45,46)47)33-34-42(8-4,36-40(44)38-52(48,49)50)32-30-28-26-24-22-20-18-16-14-12-10-6-2/h39-40,43-44H,5-38H2,1-4H3/p+2. The molecule has 0 aliphatic heterocycles. The van der Waals surface area contributed by atoms with Gasteiger partial charge in [-0.2, -0.15) is 16.8 Å². The number of likely N-dealkylation sites (N-methyl/N-ethyl adjacent to an activating group) is 2. The monoisotopic (exact) mass is 787 g/mol. The Morgan fingerprint density at radius 3 is 0.827 bits per heavy atom. The van der Waals surface area contributed by atoms with E-state index in [0.717, 1.165) is 51.6 Å². The van der Waals surface area contributed by atoms with Gasteiger partial charge in [-0.25, -0.2) is 0 Å². The quantitative estimate of drug-likeness (QED) is 0.0275. The van der Waals surface area contributed by atoms with Gasteiger partial charge in [0, 0.05) is 0 Å². The fraction of sp³-hybridized carbons (Fsp3) is 1.00. The zero-order chi connectivity index (χ0) is 39.2. The molecule has 10 nitrogen and oxygen atoms in total. The Labute approximate surface area is 322 Å². The summed E-state index contributed by atoms with van der Waals surface area (Å²) in [7, 11) is -8.68. The molecular weight excluding hydrogens is 701 g/mol. The molecular formula is C40H86N2O8S2+2. The first-order chi connectivity index (χ1) is 24.7. The third-order valence-corrected chi connectivity index (χ3v) is 13.0. The van der Waals surface area contributed by atoms with Gasteiger partial charge in [-0.1, -0.05) is 142 Å². The predicted molar refractivity (Wildman–Crippen MR) is 218 cm³/mol. The zero-order valence-corrected chi connectivity index (χ0v) is 36.0. The molecule has 0 aromatic rings. The van der Waals surface area contributed by atoms with E-state index in [0.29, 0.717) is 35.1 Å². The van der Waals surface area contributed by atoms with E-state index in [1.165, 1.54) is 116 Å². The van der Waals surface area contributed by atoms with Crippen LogP contribution in [0.2, 0.25) is 0 Å². The number of rotatable bonds is 39. The van der Waals surface area contributed by atoms with Gasteiger partial charge in [0.05, 0.1) is 26.2 Å². The fourth-order valence-corrected chi connectivity index (χ4v) is 9.15. The first-order valence-electron chi connectivity index (χ1n) is 21.6. The summed E-state index contributed by atoms with van der Waals surface area (Å²) in [6.07, 6.45) is 27.2. The Morgan fingerprint density at radius 1 is 0.385 bits per heavy atom. The minimum absolute atomic E-state index is 0.199. The van der Waals surface area contributed by atoms with Crippen LogP contribution in [0, 0.1) is 0 Å². The normalized spacial score (nSPS) is 16.1. The first kappa shape index (κ1) is 51.7. The summed E-state index contributed by atoms with van der Waals surface area (Å²) >= 11 is 0. The van der Waals surface area contributed by atoms with Crippen LogP contribution in [0.5, 0.6) is 0 Å². The van der Waals surface area contributed by atoms with Crippen molar-refractivity contribution in [2.45, 2.75) is 194 Å². The summed E-state index contributed by atoms with van der Waals surface area (Å²) < 4.78 is 66.6. The lowest BCUT2D eigenvalue weighted by Crippen LogP contribution is -2.62.